The quantitative estimate of drug-likeness (QED) is 0.745. The van der Waals surface area contributed by atoms with E-state index in [1.165, 1.54) is 4.90 Å². The van der Waals surface area contributed by atoms with Gasteiger partial charge in [0.15, 0.2) is 0 Å². The van der Waals surface area contributed by atoms with Crippen LogP contribution in [-0.4, -0.2) is 47.4 Å². The lowest BCUT2D eigenvalue weighted by molar-refractivity contribution is -0.137. The molecule has 0 bridgehead atoms. The van der Waals surface area contributed by atoms with Gasteiger partial charge in [-0.25, -0.2) is 4.79 Å². The van der Waals surface area contributed by atoms with Crippen molar-refractivity contribution in [2.24, 2.45) is 0 Å². The second-order valence-corrected chi connectivity index (χ2v) is 4.82. The minimum atomic E-state index is -4.52. The lowest BCUT2D eigenvalue weighted by Gasteiger charge is -2.22. The first-order valence-electron chi connectivity index (χ1n) is 6.44. The van der Waals surface area contributed by atoms with Gasteiger partial charge in [-0.1, -0.05) is 11.6 Å². The fraction of sp³-hybridized carbons (Fsp3) is 0.462. The summed E-state index contributed by atoms with van der Waals surface area (Å²) in [6.07, 6.45) is -4.20. The van der Waals surface area contributed by atoms with Gasteiger partial charge in [-0.05, 0) is 24.6 Å². The van der Waals surface area contributed by atoms with Gasteiger partial charge in [-0.3, -0.25) is 0 Å². The number of hydrogen-bond donors (Lipinski definition) is 3. The lowest BCUT2D eigenvalue weighted by atomic mass is 10.2. The summed E-state index contributed by atoms with van der Waals surface area (Å²) in [5.41, 5.74) is -0.880. The van der Waals surface area contributed by atoms with Crippen molar-refractivity contribution < 1.29 is 28.2 Å². The number of carbonyl (C=O) groups is 1. The second kappa shape index (κ2) is 8.21. The highest BCUT2D eigenvalue weighted by Crippen LogP contribution is 2.33. The Balaban J connectivity index is 2.82. The number of aliphatic hydroxyl groups excluding tert-OH is 2. The summed E-state index contributed by atoms with van der Waals surface area (Å²) in [6.45, 7) is -0.179. The van der Waals surface area contributed by atoms with Crippen LogP contribution in [0.15, 0.2) is 18.2 Å². The number of rotatable bonds is 6. The molecule has 0 heterocycles. The van der Waals surface area contributed by atoms with Gasteiger partial charge in [-0.15, -0.1) is 0 Å². The molecule has 9 heteroatoms. The summed E-state index contributed by atoms with van der Waals surface area (Å²) < 4.78 is 37.6. The molecule has 1 aromatic rings. The number of hydrogen-bond acceptors (Lipinski definition) is 3. The largest absolute Gasteiger partial charge is 0.416 e. The molecular formula is C13H16ClF3N2O3. The van der Waals surface area contributed by atoms with Gasteiger partial charge in [0.2, 0.25) is 0 Å². The van der Waals surface area contributed by atoms with Crippen molar-refractivity contribution >= 4 is 23.3 Å². The molecule has 2 amide bonds. The van der Waals surface area contributed by atoms with Crippen LogP contribution in [0.5, 0.6) is 0 Å². The Bertz CT molecular complexity index is 512. The number of nitrogens with one attached hydrogen (secondary N) is 1. The number of aliphatic hydroxyl groups is 2. The third-order valence-electron chi connectivity index (χ3n) is 2.78. The zero-order valence-electron chi connectivity index (χ0n) is 11.5. The highest BCUT2D eigenvalue weighted by Gasteiger charge is 2.31. The minimum absolute atomic E-state index is 0.0318. The Hall–Kier alpha value is -1.51. The maximum Gasteiger partial charge on any atom is 0.416 e. The first kappa shape index (κ1) is 18.5. The smallest absolute Gasteiger partial charge is 0.396 e. The van der Waals surface area contributed by atoms with Gasteiger partial charge in [0.25, 0.3) is 0 Å². The zero-order valence-corrected chi connectivity index (χ0v) is 12.3. The highest BCUT2D eigenvalue weighted by atomic mass is 35.5. The van der Waals surface area contributed by atoms with Crippen LogP contribution in [0, 0.1) is 0 Å². The van der Waals surface area contributed by atoms with Crippen molar-refractivity contribution in [3.63, 3.8) is 0 Å². The van der Waals surface area contributed by atoms with Crippen molar-refractivity contribution in [2.45, 2.75) is 12.6 Å². The monoisotopic (exact) mass is 340 g/mol. The van der Waals surface area contributed by atoms with Crippen molar-refractivity contribution in [1.29, 1.82) is 0 Å². The van der Waals surface area contributed by atoms with Gasteiger partial charge in [0, 0.05) is 19.7 Å². The molecule has 1 rings (SSSR count). The van der Waals surface area contributed by atoms with Crippen LogP contribution in [0.1, 0.15) is 12.0 Å². The molecule has 0 spiro atoms. The fourth-order valence-electron chi connectivity index (χ4n) is 1.68. The van der Waals surface area contributed by atoms with E-state index in [-0.39, 0.29) is 37.0 Å². The topological polar surface area (TPSA) is 72.8 Å². The van der Waals surface area contributed by atoms with Crippen molar-refractivity contribution in [3.05, 3.63) is 28.8 Å². The SMILES string of the molecule is O=C(Nc1ccc(C(F)(F)F)cc1Cl)N(CCO)CCCO. The molecule has 1 aromatic carbocycles. The second-order valence-electron chi connectivity index (χ2n) is 4.41. The third-order valence-corrected chi connectivity index (χ3v) is 3.09. The molecule has 0 saturated carbocycles. The highest BCUT2D eigenvalue weighted by molar-refractivity contribution is 6.33. The van der Waals surface area contributed by atoms with Crippen LogP contribution in [0.4, 0.5) is 23.7 Å². The number of benzene rings is 1. The van der Waals surface area contributed by atoms with E-state index in [4.69, 9.17) is 21.8 Å². The third kappa shape index (κ3) is 5.36. The van der Waals surface area contributed by atoms with Crippen molar-refractivity contribution in [2.75, 3.05) is 31.6 Å². The molecule has 0 aliphatic carbocycles. The molecule has 0 radical (unpaired) electrons. The molecule has 5 nitrogen and oxygen atoms in total. The van der Waals surface area contributed by atoms with Gasteiger partial charge in [0.05, 0.1) is 22.9 Å². The van der Waals surface area contributed by atoms with E-state index < -0.39 is 17.8 Å². The van der Waals surface area contributed by atoms with Gasteiger partial charge < -0.3 is 20.4 Å². The van der Waals surface area contributed by atoms with E-state index in [2.05, 4.69) is 5.32 Å². The van der Waals surface area contributed by atoms with Crippen molar-refractivity contribution in [1.82, 2.24) is 4.90 Å². The Morgan fingerprint density at radius 3 is 2.41 bits per heavy atom. The van der Waals surface area contributed by atoms with E-state index in [0.717, 1.165) is 18.2 Å². The maximum atomic E-state index is 12.5. The van der Waals surface area contributed by atoms with E-state index in [9.17, 15) is 18.0 Å². The van der Waals surface area contributed by atoms with Crippen LogP contribution < -0.4 is 5.32 Å². The van der Waals surface area contributed by atoms with Crippen LogP contribution in [0.25, 0.3) is 0 Å². The normalized spacial score (nSPS) is 11.4. The summed E-state index contributed by atoms with van der Waals surface area (Å²) in [6, 6.07) is 1.98. The summed E-state index contributed by atoms with van der Waals surface area (Å²) in [4.78, 5) is 13.2. The molecule has 3 N–H and O–H groups in total. The van der Waals surface area contributed by atoms with Gasteiger partial charge in [0.1, 0.15) is 0 Å². The first-order valence-corrected chi connectivity index (χ1v) is 6.81. The number of anilines is 1. The predicted octanol–water partition coefficient (Wildman–Crippen LogP) is 2.57. The fourth-order valence-corrected chi connectivity index (χ4v) is 1.91. The van der Waals surface area contributed by atoms with Gasteiger partial charge >= 0.3 is 12.2 Å². The van der Waals surface area contributed by atoms with Gasteiger partial charge in [-0.2, -0.15) is 13.2 Å². The molecule has 0 unspecified atom stereocenters. The predicted molar refractivity (Wildman–Crippen MR) is 75.8 cm³/mol. The summed E-state index contributed by atoms with van der Waals surface area (Å²) >= 11 is 5.74. The van der Waals surface area contributed by atoms with E-state index in [0.29, 0.717) is 6.42 Å². The molecular weight excluding hydrogens is 325 g/mol. The Kier molecular flexibility index (Phi) is 6.92. The van der Waals surface area contributed by atoms with Crippen molar-refractivity contribution in [3.8, 4) is 0 Å². The summed E-state index contributed by atoms with van der Waals surface area (Å²) in [5, 5.41) is 19.8. The van der Waals surface area contributed by atoms with E-state index in [1.807, 2.05) is 0 Å². The summed E-state index contributed by atoms with van der Waals surface area (Å²) in [7, 11) is 0. The van der Waals surface area contributed by atoms with Crippen LogP contribution >= 0.6 is 11.6 Å². The first-order chi connectivity index (χ1) is 10.3. The standard InChI is InChI=1S/C13H16ClF3N2O3/c14-10-8-9(13(15,16)17)2-3-11(10)18-12(22)19(5-7-21)4-1-6-20/h2-3,8,20-21H,1,4-7H2,(H,18,22). The zero-order chi connectivity index (χ0) is 16.8. The molecule has 0 aliphatic heterocycles. The average Bonchev–Trinajstić information content (AvgIpc) is 2.44. The molecule has 0 atom stereocenters. The molecule has 0 fully saturated rings. The Labute approximate surface area is 130 Å². The number of carbonyl (C=O) groups excluding carboxylic acids is 1. The van der Waals surface area contributed by atoms with Crippen LogP contribution in [-0.2, 0) is 6.18 Å². The average molecular weight is 341 g/mol. The Morgan fingerprint density at radius 1 is 1.23 bits per heavy atom. The molecule has 0 saturated heterocycles. The molecule has 124 valence electrons. The number of urea groups is 1. The number of alkyl halides is 3. The number of halogens is 4. The number of nitrogens with zero attached hydrogens (tertiary/aromatic N) is 1. The minimum Gasteiger partial charge on any atom is -0.396 e. The number of amides is 2. The molecule has 0 aliphatic rings. The molecule has 22 heavy (non-hydrogen) atoms. The van der Waals surface area contributed by atoms with E-state index >= 15 is 0 Å². The maximum absolute atomic E-state index is 12.5. The summed E-state index contributed by atoms with van der Waals surface area (Å²) in [5.74, 6) is 0. The van der Waals surface area contributed by atoms with E-state index in [1.54, 1.807) is 0 Å². The Morgan fingerprint density at radius 2 is 1.91 bits per heavy atom. The lowest BCUT2D eigenvalue weighted by Crippen LogP contribution is -2.38. The van der Waals surface area contributed by atoms with Crippen LogP contribution in [0.2, 0.25) is 5.02 Å². The molecule has 0 aromatic heterocycles. The van der Waals surface area contributed by atoms with Crippen LogP contribution in [0.3, 0.4) is 0 Å².